The molecule has 32 heavy (non-hydrogen) atoms. The number of methoxy groups -OCH3 is 1. The number of hydrogen-bond acceptors (Lipinski definition) is 6. The van der Waals surface area contributed by atoms with Gasteiger partial charge in [0.2, 0.25) is 0 Å². The molecule has 0 radical (unpaired) electrons. The van der Waals surface area contributed by atoms with Gasteiger partial charge in [-0.15, -0.1) is 0 Å². The van der Waals surface area contributed by atoms with Crippen molar-refractivity contribution in [2.45, 2.75) is 32.0 Å². The van der Waals surface area contributed by atoms with Crippen LogP contribution >= 0.6 is 51.5 Å². The van der Waals surface area contributed by atoms with Crippen LogP contribution < -0.4 is 9.47 Å². The van der Waals surface area contributed by atoms with Crippen molar-refractivity contribution in [3.05, 3.63) is 61.9 Å². The van der Waals surface area contributed by atoms with E-state index >= 15 is 0 Å². The summed E-state index contributed by atoms with van der Waals surface area (Å²) in [5, 5.41) is 0.650. The van der Waals surface area contributed by atoms with Crippen LogP contribution in [0, 0.1) is 5.92 Å². The summed E-state index contributed by atoms with van der Waals surface area (Å²) in [4.78, 5) is 13.7. The zero-order valence-corrected chi connectivity index (χ0v) is 21.4. The summed E-state index contributed by atoms with van der Waals surface area (Å²) < 4.78 is 18.7. The van der Waals surface area contributed by atoms with Crippen LogP contribution in [0.3, 0.4) is 0 Å². The third-order valence-corrected chi connectivity index (χ3v) is 8.10. The molecule has 0 spiro atoms. The van der Waals surface area contributed by atoms with E-state index in [2.05, 4.69) is 15.9 Å². The first-order valence-electron chi connectivity index (χ1n) is 10.3. The number of halogens is 2. The lowest BCUT2D eigenvalue weighted by Crippen LogP contribution is -2.20. The minimum absolute atomic E-state index is 0.0698. The Labute approximate surface area is 210 Å². The van der Waals surface area contributed by atoms with Gasteiger partial charge < -0.3 is 14.2 Å². The molecule has 2 atom stereocenters. The second kappa shape index (κ2) is 10.7. The lowest BCUT2D eigenvalue weighted by atomic mass is 9.96. The number of hydrogen-bond donors (Lipinski definition) is 0. The molecular formula is C24H22BrClO4S2. The van der Waals surface area contributed by atoms with Gasteiger partial charge in [-0.3, -0.25) is 4.79 Å². The van der Waals surface area contributed by atoms with E-state index in [0.717, 1.165) is 39.2 Å². The van der Waals surface area contributed by atoms with E-state index in [9.17, 15) is 4.79 Å². The molecule has 2 aromatic rings. The zero-order valence-electron chi connectivity index (χ0n) is 17.4. The Balaban J connectivity index is 1.52. The van der Waals surface area contributed by atoms with Crippen molar-refractivity contribution in [3.8, 4) is 11.5 Å². The fraction of sp³-hybridized carbons (Fsp3) is 0.333. The fourth-order valence-electron chi connectivity index (χ4n) is 3.75. The number of carbonyl (C=O) groups excluding carboxylic acids is 1. The van der Waals surface area contributed by atoms with Crippen LogP contribution in [-0.4, -0.2) is 29.8 Å². The lowest BCUT2D eigenvalue weighted by molar-refractivity contribution is -0.117. The molecule has 0 N–H and O–H groups in total. The van der Waals surface area contributed by atoms with Crippen LogP contribution in [0.5, 0.6) is 11.5 Å². The van der Waals surface area contributed by atoms with Gasteiger partial charge in [-0.2, -0.15) is 0 Å². The van der Waals surface area contributed by atoms with E-state index in [-0.39, 0.29) is 17.8 Å². The first-order valence-corrected chi connectivity index (χ1v) is 12.7. The smallest absolute Gasteiger partial charge is 0.178 e. The predicted molar refractivity (Wildman–Crippen MR) is 137 cm³/mol. The lowest BCUT2D eigenvalue weighted by Gasteiger charge is -2.14. The van der Waals surface area contributed by atoms with Crippen molar-refractivity contribution in [1.82, 2.24) is 0 Å². The Hall–Kier alpha value is -1.38. The molecule has 8 heteroatoms. The van der Waals surface area contributed by atoms with Gasteiger partial charge in [0.1, 0.15) is 6.61 Å². The fourth-order valence-corrected chi connectivity index (χ4v) is 5.84. The molecule has 0 saturated carbocycles. The summed E-state index contributed by atoms with van der Waals surface area (Å²) >= 11 is 16.7. The van der Waals surface area contributed by atoms with E-state index in [1.165, 1.54) is 11.8 Å². The Morgan fingerprint density at radius 3 is 2.84 bits per heavy atom. The number of thioether (sulfide) groups is 1. The number of allylic oxidation sites excluding steroid dienone is 1. The molecule has 2 aliphatic heterocycles. The Morgan fingerprint density at radius 2 is 2.12 bits per heavy atom. The second-order valence-corrected chi connectivity index (χ2v) is 10.7. The maximum atomic E-state index is 13.0. The maximum absolute atomic E-state index is 13.0. The number of ketones is 1. The average molecular weight is 554 g/mol. The highest BCUT2D eigenvalue weighted by Crippen LogP contribution is 2.42. The standard InChI is InChI=1S/C24H22BrClO4S2/c1-28-20-9-15(18(25)12-21(20)30-13-14-5-2-3-7-19(14)26)10-22-23(27)17(24(31)32-22)11-16-6-4-8-29-16/h2-3,5,7,9-10,12,16-17H,4,6,8,11,13H2,1H3/b22-10-/t16-,17+/m0/s1. The van der Waals surface area contributed by atoms with Crippen LogP contribution in [0.2, 0.25) is 5.02 Å². The van der Waals surface area contributed by atoms with E-state index < -0.39 is 0 Å². The highest BCUT2D eigenvalue weighted by atomic mass is 79.9. The van der Waals surface area contributed by atoms with Crippen molar-refractivity contribution in [3.63, 3.8) is 0 Å². The molecule has 2 aliphatic rings. The van der Waals surface area contributed by atoms with Gasteiger partial charge in [-0.05, 0) is 49.1 Å². The van der Waals surface area contributed by atoms with Gasteiger partial charge >= 0.3 is 0 Å². The molecule has 0 aliphatic carbocycles. The number of Topliss-reactive ketones (excluding diaryl/α,β-unsaturated/α-hetero) is 1. The molecule has 2 heterocycles. The molecule has 4 nitrogen and oxygen atoms in total. The summed E-state index contributed by atoms with van der Waals surface area (Å²) in [7, 11) is 1.59. The van der Waals surface area contributed by atoms with Gasteiger partial charge in [-0.1, -0.05) is 69.7 Å². The molecule has 0 unspecified atom stereocenters. The van der Waals surface area contributed by atoms with Crippen molar-refractivity contribution in [2.75, 3.05) is 13.7 Å². The highest BCUT2D eigenvalue weighted by Gasteiger charge is 2.37. The van der Waals surface area contributed by atoms with Crippen LogP contribution in [0.25, 0.3) is 6.08 Å². The maximum Gasteiger partial charge on any atom is 0.178 e. The van der Waals surface area contributed by atoms with Crippen molar-refractivity contribution < 1.29 is 19.0 Å². The first-order chi connectivity index (χ1) is 15.5. The van der Waals surface area contributed by atoms with Crippen LogP contribution in [0.1, 0.15) is 30.4 Å². The molecule has 2 saturated heterocycles. The van der Waals surface area contributed by atoms with Gasteiger partial charge in [-0.25, -0.2) is 0 Å². The Morgan fingerprint density at radius 1 is 1.31 bits per heavy atom. The zero-order chi connectivity index (χ0) is 22.7. The summed E-state index contributed by atoms with van der Waals surface area (Å²) in [6.07, 6.45) is 4.70. The van der Waals surface area contributed by atoms with Gasteiger partial charge in [0.05, 0.1) is 28.2 Å². The molecule has 2 aromatic carbocycles. The van der Waals surface area contributed by atoms with Crippen LogP contribution in [-0.2, 0) is 16.1 Å². The number of benzene rings is 2. The largest absolute Gasteiger partial charge is 0.493 e. The van der Waals surface area contributed by atoms with Crippen LogP contribution in [0.4, 0.5) is 0 Å². The molecule has 4 rings (SSSR count). The summed E-state index contributed by atoms with van der Waals surface area (Å²) in [5.41, 5.74) is 1.71. The number of carbonyl (C=O) groups is 1. The normalized spacial score (nSPS) is 22.0. The van der Waals surface area contributed by atoms with Gasteiger partial charge in [0.25, 0.3) is 0 Å². The van der Waals surface area contributed by atoms with E-state index in [1.807, 2.05) is 42.5 Å². The summed E-state index contributed by atoms with van der Waals surface area (Å²) in [6, 6.07) is 11.2. The highest BCUT2D eigenvalue weighted by molar-refractivity contribution is 9.10. The summed E-state index contributed by atoms with van der Waals surface area (Å²) in [6.45, 7) is 1.09. The Kier molecular flexibility index (Phi) is 7.95. The van der Waals surface area contributed by atoms with Crippen molar-refractivity contribution in [1.29, 1.82) is 0 Å². The average Bonchev–Trinajstić information content (AvgIpc) is 3.39. The van der Waals surface area contributed by atoms with E-state index in [0.29, 0.717) is 34.5 Å². The quantitative estimate of drug-likeness (QED) is 0.276. The third kappa shape index (κ3) is 5.39. The minimum Gasteiger partial charge on any atom is -0.493 e. The summed E-state index contributed by atoms with van der Waals surface area (Å²) in [5.74, 6) is 0.961. The monoisotopic (exact) mass is 552 g/mol. The van der Waals surface area contributed by atoms with E-state index in [1.54, 1.807) is 7.11 Å². The number of ether oxygens (including phenoxy) is 3. The molecule has 168 valence electrons. The van der Waals surface area contributed by atoms with Gasteiger partial charge in [0, 0.05) is 21.7 Å². The van der Waals surface area contributed by atoms with Crippen molar-refractivity contribution in [2.24, 2.45) is 5.92 Å². The molecule has 2 fully saturated rings. The molecule has 0 amide bonds. The number of rotatable bonds is 7. The number of thiocarbonyl (C=S) groups is 1. The Bertz CT molecular complexity index is 1070. The van der Waals surface area contributed by atoms with Crippen LogP contribution in [0.15, 0.2) is 45.8 Å². The SMILES string of the molecule is COc1cc(/C=C2\SC(=S)[C@H](C[C@@H]3CCCO3)C2=O)c(Br)cc1OCc1ccccc1Cl. The van der Waals surface area contributed by atoms with Crippen molar-refractivity contribution >= 4 is 67.6 Å². The predicted octanol–water partition coefficient (Wildman–Crippen LogP) is 6.86. The molecule has 0 aromatic heterocycles. The molecule has 0 bridgehead atoms. The first kappa shape index (κ1) is 23.8. The van der Waals surface area contributed by atoms with E-state index in [4.69, 9.17) is 38.0 Å². The molecular weight excluding hydrogens is 532 g/mol. The minimum atomic E-state index is -0.261. The topological polar surface area (TPSA) is 44.8 Å². The third-order valence-electron chi connectivity index (χ3n) is 5.49. The van der Waals surface area contributed by atoms with Gasteiger partial charge in [0.15, 0.2) is 17.3 Å². The second-order valence-electron chi connectivity index (χ2n) is 7.62.